The predicted octanol–water partition coefficient (Wildman–Crippen LogP) is 2.23. The van der Waals surface area contributed by atoms with E-state index < -0.39 is 0 Å². The van der Waals surface area contributed by atoms with E-state index in [-0.39, 0.29) is 0 Å². The standard InChI is InChI=1S/C13H26N2/c1-10-7-13(8-10,9-14)15-6-4-5-11(2)12(15)3/h10-12H,4-9,14H2,1-3H3. The Bertz CT molecular complexity index is 221. The van der Waals surface area contributed by atoms with E-state index in [2.05, 4.69) is 25.7 Å². The molecule has 88 valence electrons. The number of nitrogens with two attached hydrogens (primary N) is 1. The maximum Gasteiger partial charge on any atom is 0.0339 e. The van der Waals surface area contributed by atoms with Crippen LogP contribution in [0.15, 0.2) is 0 Å². The maximum atomic E-state index is 6.03. The van der Waals surface area contributed by atoms with E-state index in [1.165, 1.54) is 32.2 Å². The average molecular weight is 210 g/mol. The topological polar surface area (TPSA) is 29.3 Å². The first-order valence-corrected chi connectivity index (χ1v) is 6.56. The van der Waals surface area contributed by atoms with Crippen LogP contribution in [0.25, 0.3) is 0 Å². The van der Waals surface area contributed by atoms with Gasteiger partial charge in [-0.05, 0) is 51.0 Å². The first-order valence-electron chi connectivity index (χ1n) is 6.56. The van der Waals surface area contributed by atoms with Crippen LogP contribution in [0.3, 0.4) is 0 Å². The van der Waals surface area contributed by atoms with Gasteiger partial charge < -0.3 is 5.73 Å². The molecule has 1 aliphatic carbocycles. The summed E-state index contributed by atoms with van der Waals surface area (Å²) in [7, 11) is 0. The fourth-order valence-electron chi connectivity index (χ4n) is 3.76. The zero-order chi connectivity index (χ0) is 11.1. The minimum absolute atomic E-state index is 0.369. The summed E-state index contributed by atoms with van der Waals surface area (Å²) >= 11 is 0. The second-order valence-electron chi connectivity index (χ2n) is 6.00. The van der Waals surface area contributed by atoms with Gasteiger partial charge in [-0.15, -0.1) is 0 Å². The normalized spacial score (nSPS) is 47.6. The van der Waals surface area contributed by atoms with Crippen molar-refractivity contribution in [1.82, 2.24) is 4.90 Å². The lowest BCUT2D eigenvalue weighted by molar-refractivity contribution is -0.0658. The molecule has 0 aromatic heterocycles. The molecule has 1 saturated heterocycles. The summed E-state index contributed by atoms with van der Waals surface area (Å²) in [6, 6.07) is 0.731. The number of hydrogen-bond acceptors (Lipinski definition) is 2. The summed E-state index contributed by atoms with van der Waals surface area (Å²) < 4.78 is 0. The van der Waals surface area contributed by atoms with Gasteiger partial charge >= 0.3 is 0 Å². The van der Waals surface area contributed by atoms with Crippen molar-refractivity contribution in [2.45, 2.75) is 58.0 Å². The van der Waals surface area contributed by atoms with Gasteiger partial charge in [-0.1, -0.05) is 13.8 Å². The van der Waals surface area contributed by atoms with E-state index in [4.69, 9.17) is 5.73 Å². The zero-order valence-corrected chi connectivity index (χ0v) is 10.5. The van der Waals surface area contributed by atoms with E-state index in [0.29, 0.717) is 5.54 Å². The highest BCUT2D eigenvalue weighted by Crippen LogP contribution is 2.44. The molecule has 1 saturated carbocycles. The van der Waals surface area contributed by atoms with Crippen molar-refractivity contribution in [3.8, 4) is 0 Å². The van der Waals surface area contributed by atoms with Crippen LogP contribution >= 0.6 is 0 Å². The van der Waals surface area contributed by atoms with Crippen molar-refractivity contribution in [3.05, 3.63) is 0 Å². The molecule has 2 fully saturated rings. The quantitative estimate of drug-likeness (QED) is 0.757. The Morgan fingerprint density at radius 2 is 1.93 bits per heavy atom. The zero-order valence-electron chi connectivity index (χ0n) is 10.5. The van der Waals surface area contributed by atoms with Crippen molar-refractivity contribution >= 4 is 0 Å². The number of rotatable bonds is 2. The van der Waals surface area contributed by atoms with Crippen LogP contribution in [0.2, 0.25) is 0 Å². The van der Waals surface area contributed by atoms with E-state index in [9.17, 15) is 0 Å². The van der Waals surface area contributed by atoms with Crippen molar-refractivity contribution in [2.24, 2.45) is 17.6 Å². The largest absolute Gasteiger partial charge is 0.329 e. The van der Waals surface area contributed by atoms with Crippen LogP contribution < -0.4 is 5.73 Å². The monoisotopic (exact) mass is 210 g/mol. The Morgan fingerprint density at radius 3 is 2.47 bits per heavy atom. The Balaban J connectivity index is 2.07. The SMILES string of the molecule is CC1CC(CN)(N2CCCC(C)C2C)C1. The molecule has 0 aromatic carbocycles. The third-order valence-electron chi connectivity index (χ3n) is 4.82. The second kappa shape index (κ2) is 4.06. The van der Waals surface area contributed by atoms with Crippen LogP contribution in [0.5, 0.6) is 0 Å². The molecular formula is C13H26N2. The average Bonchev–Trinajstić information content (AvgIpc) is 2.17. The number of nitrogens with zero attached hydrogens (tertiary/aromatic N) is 1. The molecule has 0 aromatic rings. The van der Waals surface area contributed by atoms with Gasteiger partial charge in [-0.3, -0.25) is 4.90 Å². The van der Waals surface area contributed by atoms with Crippen LogP contribution in [0, 0.1) is 11.8 Å². The molecule has 2 nitrogen and oxygen atoms in total. The van der Waals surface area contributed by atoms with Gasteiger partial charge in [0.25, 0.3) is 0 Å². The van der Waals surface area contributed by atoms with Gasteiger partial charge in [-0.25, -0.2) is 0 Å². The molecule has 2 atom stereocenters. The summed E-state index contributed by atoms with van der Waals surface area (Å²) in [5.74, 6) is 1.73. The van der Waals surface area contributed by atoms with Crippen molar-refractivity contribution in [1.29, 1.82) is 0 Å². The highest BCUT2D eigenvalue weighted by molar-refractivity contribution is 5.04. The molecular weight excluding hydrogens is 184 g/mol. The summed E-state index contributed by atoms with van der Waals surface area (Å²) in [4.78, 5) is 2.72. The van der Waals surface area contributed by atoms with Crippen molar-refractivity contribution in [2.75, 3.05) is 13.1 Å². The number of likely N-dealkylation sites (tertiary alicyclic amines) is 1. The second-order valence-corrected chi connectivity index (χ2v) is 6.00. The first-order chi connectivity index (χ1) is 7.09. The molecule has 15 heavy (non-hydrogen) atoms. The molecule has 0 amide bonds. The lowest BCUT2D eigenvalue weighted by Crippen LogP contribution is -2.65. The fourth-order valence-corrected chi connectivity index (χ4v) is 3.76. The fraction of sp³-hybridized carbons (Fsp3) is 1.00. The van der Waals surface area contributed by atoms with Gasteiger partial charge in [0.15, 0.2) is 0 Å². The van der Waals surface area contributed by atoms with E-state index in [1.807, 2.05) is 0 Å². The molecule has 2 unspecified atom stereocenters. The minimum Gasteiger partial charge on any atom is -0.329 e. The number of piperidine rings is 1. The number of hydrogen-bond donors (Lipinski definition) is 1. The first kappa shape index (κ1) is 11.4. The Hall–Kier alpha value is -0.0800. The Kier molecular flexibility index (Phi) is 3.09. The smallest absolute Gasteiger partial charge is 0.0339 e. The third kappa shape index (κ3) is 1.83. The molecule has 2 heteroatoms. The van der Waals surface area contributed by atoms with E-state index in [0.717, 1.165) is 24.4 Å². The van der Waals surface area contributed by atoms with Gasteiger partial charge in [0.2, 0.25) is 0 Å². The van der Waals surface area contributed by atoms with Gasteiger partial charge in [0.05, 0.1) is 0 Å². The molecule has 0 radical (unpaired) electrons. The van der Waals surface area contributed by atoms with Gasteiger partial charge in [0.1, 0.15) is 0 Å². The van der Waals surface area contributed by atoms with E-state index >= 15 is 0 Å². The lowest BCUT2D eigenvalue weighted by Gasteiger charge is -2.58. The third-order valence-corrected chi connectivity index (χ3v) is 4.82. The van der Waals surface area contributed by atoms with Gasteiger partial charge in [-0.2, -0.15) is 0 Å². The molecule has 2 N–H and O–H groups in total. The van der Waals surface area contributed by atoms with Crippen molar-refractivity contribution in [3.63, 3.8) is 0 Å². The minimum atomic E-state index is 0.369. The predicted molar refractivity (Wildman–Crippen MR) is 64.7 cm³/mol. The summed E-state index contributed by atoms with van der Waals surface area (Å²) in [6.45, 7) is 9.27. The molecule has 2 aliphatic rings. The summed E-state index contributed by atoms with van der Waals surface area (Å²) in [5.41, 5.74) is 6.40. The van der Waals surface area contributed by atoms with Gasteiger partial charge in [0, 0.05) is 18.1 Å². The molecule has 0 bridgehead atoms. The molecule has 2 rings (SSSR count). The van der Waals surface area contributed by atoms with Crippen LogP contribution in [-0.4, -0.2) is 29.6 Å². The summed E-state index contributed by atoms with van der Waals surface area (Å²) in [5, 5.41) is 0. The Morgan fingerprint density at radius 1 is 1.27 bits per heavy atom. The van der Waals surface area contributed by atoms with Crippen LogP contribution in [0.4, 0.5) is 0 Å². The molecule has 1 aliphatic heterocycles. The summed E-state index contributed by atoms with van der Waals surface area (Å²) in [6.07, 6.45) is 5.40. The van der Waals surface area contributed by atoms with Crippen LogP contribution in [-0.2, 0) is 0 Å². The molecule has 0 spiro atoms. The van der Waals surface area contributed by atoms with Crippen LogP contribution in [0.1, 0.15) is 46.5 Å². The highest BCUT2D eigenvalue weighted by atomic mass is 15.3. The Labute approximate surface area is 94.2 Å². The highest BCUT2D eigenvalue weighted by Gasteiger charge is 2.48. The maximum absolute atomic E-state index is 6.03. The molecule has 1 heterocycles. The van der Waals surface area contributed by atoms with Crippen molar-refractivity contribution < 1.29 is 0 Å². The lowest BCUT2D eigenvalue weighted by atomic mass is 9.66. The van der Waals surface area contributed by atoms with E-state index in [1.54, 1.807) is 0 Å².